The Balaban J connectivity index is 2.38. The zero-order valence-corrected chi connectivity index (χ0v) is 12.3. The molecule has 1 atom stereocenters. The molecule has 0 unspecified atom stereocenters. The monoisotopic (exact) mass is 306 g/mol. The maximum absolute atomic E-state index is 13.0. The maximum Gasteiger partial charge on any atom is 0.230 e. The van der Waals surface area contributed by atoms with Crippen molar-refractivity contribution in [3.8, 4) is 11.4 Å². The molecule has 7 heteroatoms. The first-order valence-corrected chi connectivity index (χ1v) is 7.17. The molecular formula is C14H15FN4OS. The summed E-state index contributed by atoms with van der Waals surface area (Å²) in [7, 11) is 0. The third-order valence-corrected chi connectivity index (χ3v) is 3.91. The van der Waals surface area contributed by atoms with Gasteiger partial charge in [-0.05, 0) is 31.2 Å². The molecule has 21 heavy (non-hydrogen) atoms. The van der Waals surface area contributed by atoms with Gasteiger partial charge in [-0.3, -0.25) is 9.36 Å². The SMILES string of the molecule is C=CCn1c(S[C@@H](C)C(N)=O)nnc1-c1ccc(F)cc1. The van der Waals surface area contributed by atoms with Gasteiger partial charge in [-0.1, -0.05) is 17.8 Å². The standard InChI is InChI=1S/C14H15FN4OS/c1-3-8-19-13(10-4-6-11(15)7-5-10)17-18-14(19)21-9(2)12(16)20/h3-7,9H,1,8H2,2H3,(H2,16,20)/t9-/m0/s1. The molecule has 2 aromatic rings. The average molecular weight is 306 g/mol. The number of rotatable bonds is 6. The van der Waals surface area contributed by atoms with Gasteiger partial charge >= 0.3 is 0 Å². The summed E-state index contributed by atoms with van der Waals surface area (Å²) >= 11 is 1.23. The van der Waals surface area contributed by atoms with Crippen LogP contribution in [0, 0.1) is 5.82 Å². The van der Waals surface area contributed by atoms with E-state index in [1.54, 1.807) is 25.1 Å². The molecule has 1 aromatic heterocycles. The van der Waals surface area contributed by atoms with Gasteiger partial charge in [0, 0.05) is 12.1 Å². The molecule has 2 rings (SSSR count). The quantitative estimate of drug-likeness (QED) is 0.656. The van der Waals surface area contributed by atoms with Crippen LogP contribution < -0.4 is 5.73 Å². The molecule has 0 fully saturated rings. The van der Waals surface area contributed by atoms with E-state index >= 15 is 0 Å². The molecule has 5 nitrogen and oxygen atoms in total. The zero-order chi connectivity index (χ0) is 15.4. The Morgan fingerprint density at radius 2 is 2.14 bits per heavy atom. The second kappa shape index (κ2) is 6.53. The first kappa shape index (κ1) is 15.2. The highest BCUT2D eigenvalue weighted by atomic mass is 32.2. The van der Waals surface area contributed by atoms with E-state index in [0.29, 0.717) is 17.5 Å². The lowest BCUT2D eigenvalue weighted by atomic mass is 10.2. The third kappa shape index (κ3) is 3.49. The third-order valence-electron chi connectivity index (χ3n) is 2.81. The average Bonchev–Trinajstić information content (AvgIpc) is 2.83. The van der Waals surface area contributed by atoms with E-state index in [-0.39, 0.29) is 5.82 Å². The topological polar surface area (TPSA) is 73.8 Å². The van der Waals surface area contributed by atoms with E-state index in [1.807, 2.05) is 4.57 Å². The van der Waals surface area contributed by atoms with Crippen molar-refractivity contribution >= 4 is 17.7 Å². The van der Waals surface area contributed by atoms with E-state index in [4.69, 9.17) is 5.73 Å². The van der Waals surface area contributed by atoms with Crippen molar-refractivity contribution in [1.29, 1.82) is 0 Å². The first-order valence-electron chi connectivity index (χ1n) is 6.29. The van der Waals surface area contributed by atoms with Crippen molar-refractivity contribution in [2.75, 3.05) is 0 Å². The number of nitrogens with two attached hydrogens (primary N) is 1. The summed E-state index contributed by atoms with van der Waals surface area (Å²) in [6.07, 6.45) is 1.70. The minimum absolute atomic E-state index is 0.314. The van der Waals surface area contributed by atoms with Crippen LogP contribution in [0.1, 0.15) is 6.92 Å². The smallest absolute Gasteiger partial charge is 0.230 e. The Bertz CT molecular complexity index is 653. The first-order chi connectivity index (χ1) is 10.0. The van der Waals surface area contributed by atoms with E-state index in [1.165, 1.54) is 23.9 Å². The van der Waals surface area contributed by atoms with Gasteiger partial charge in [0.1, 0.15) is 5.82 Å². The van der Waals surface area contributed by atoms with Crippen LogP contribution in [0.15, 0.2) is 42.1 Å². The largest absolute Gasteiger partial charge is 0.369 e. The van der Waals surface area contributed by atoms with Gasteiger partial charge in [-0.2, -0.15) is 0 Å². The molecule has 110 valence electrons. The summed E-state index contributed by atoms with van der Waals surface area (Å²) in [5.74, 6) is -0.143. The van der Waals surface area contributed by atoms with Crippen molar-refractivity contribution in [1.82, 2.24) is 14.8 Å². The van der Waals surface area contributed by atoms with Gasteiger partial charge in [-0.15, -0.1) is 16.8 Å². The van der Waals surface area contributed by atoms with Crippen molar-refractivity contribution in [2.24, 2.45) is 5.73 Å². The summed E-state index contributed by atoms with van der Waals surface area (Å²) in [5.41, 5.74) is 6.00. The number of thioether (sulfide) groups is 1. The number of halogens is 1. The molecule has 2 N–H and O–H groups in total. The van der Waals surface area contributed by atoms with Crippen LogP contribution in [0.25, 0.3) is 11.4 Å². The molecule has 0 aliphatic carbocycles. The number of allylic oxidation sites excluding steroid dienone is 1. The molecule has 1 aromatic carbocycles. The van der Waals surface area contributed by atoms with E-state index in [9.17, 15) is 9.18 Å². The number of amides is 1. The Hall–Kier alpha value is -2.15. The number of carbonyl (C=O) groups excluding carboxylic acids is 1. The predicted octanol–water partition coefficient (Wildman–Crippen LogP) is 2.24. The molecule has 0 bridgehead atoms. The number of hydrogen-bond donors (Lipinski definition) is 1. The van der Waals surface area contributed by atoms with Crippen LogP contribution in [0.3, 0.4) is 0 Å². The number of benzene rings is 1. The minimum atomic E-state index is -0.420. The zero-order valence-electron chi connectivity index (χ0n) is 11.5. The molecule has 1 amide bonds. The maximum atomic E-state index is 13.0. The number of aromatic nitrogens is 3. The van der Waals surface area contributed by atoms with Crippen LogP contribution in [0.2, 0.25) is 0 Å². The summed E-state index contributed by atoms with van der Waals surface area (Å²) in [4.78, 5) is 11.2. The molecule has 0 spiro atoms. The predicted molar refractivity (Wildman–Crippen MR) is 80.1 cm³/mol. The fourth-order valence-corrected chi connectivity index (χ4v) is 2.51. The van der Waals surface area contributed by atoms with Crippen molar-refractivity contribution in [3.05, 3.63) is 42.7 Å². The molecule has 0 saturated heterocycles. The Morgan fingerprint density at radius 1 is 1.48 bits per heavy atom. The Labute approximate surface area is 126 Å². The van der Waals surface area contributed by atoms with Gasteiger partial charge in [0.25, 0.3) is 0 Å². The fourth-order valence-electron chi connectivity index (χ4n) is 1.70. The molecule has 0 saturated carbocycles. The number of primary amides is 1. The molecule has 0 aliphatic heterocycles. The van der Waals surface area contributed by atoms with Crippen LogP contribution in [0.5, 0.6) is 0 Å². The summed E-state index contributed by atoms with van der Waals surface area (Å²) in [6, 6.07) is 5.98. The highest BCUT2D eigenvalue weighted by molar-refractivity contribution is 8.00. The highest BCUT2D eigenvalue weighted by Crippen LogP contribution is 2.26. The van der Waals surface area contributed by atoms with Gasteiger partial charge in [0.2, 0.25) is 5.91 Å². The lowest BCUT2D eigenvalue weighted by Crippen LogP contribution is -2.23. The lowest BCUT2D eigenvalue weighted by molar-refractivity contribution is -0.117. The fraction of sp³-hybridized carbons (Fsp3) is 0.214. The minimum Gasteiger partial charge on any atom is -0.369 e. The Kier molecular flexibility index (Phi) is 4.74. The Morgan fingerprint density at radius 3 is 2.71 bits per heavy atom. The molecule has 0 aliphatic rings. The van der Waals surface area contributed by atoms with Gasteiger partial charge in [0.05, 0.1) is 5.25 Å². The van der Waals surface area contributed by atoms with Gasteiger partial charge in [0.15, 0.2) is 11.0 Å². The second-order valence-corrected chi connectivity index (χ2v) is 5.68. The van der Waals surface area contributed by atoms with E-state index in [2.05, 4.69) is 16.8 Å². The second-order valence-electron chi connectivity index (χ2n) is 4.37. The van der Waals surface area contributed by atoms with Crippen molar-refractivity contribution in [3.63, 3.8) is 0 Å². The molecular weight excluding hydrogens is 291 g/mol. The molecule has 0 radical (unpaired) electrons. The van der Waals surface area contributed by atoms with Crippen LogP contribution in [-0.4, -0.2) is 25.9 Å². The molecule has 1 heterocycles. The van der Waals surface area contributed by atoms with Gasteiger partial charge < -0.3 is 5.73 Å². The summed E-state index contributed by atoms with van der Waals surface area (Å²) in [6.45, 7) is 5.89. The van der Waals surface area contributed by atoms with E-state index < -0.39 is 11.2 Å². The van der Waals surface area contributed by atoms with Crippen LogP contribution in [0.4, 0.5) is 4.39 Å². The lowest BCUT2D eigenvalue weighted by Gasteiger charge is -2.09. The van der Waals surface area contributed by atoms with Crippen LogP contribution >= 0.6 is 11.8 Å². The van der Waals surface area contributed by atoms with Crippen LogP contribution in [-0.2, 0) is 11.3 Å². The van der Waals surface area contributed by atoms with Crippen molar-refractivity contribution in [2.45, 2.75) is 23.9 Å². The van der Waals surface area contributed by atoms with Crippen molar-refractivity contribution < 1.29 is 9.18 Å². The van der Waals surface area contributed by atoms with Gasteiger partial charge in [-0.25, -0.2) is 4.39 Å². The summed E-state index contributed by atoms with van der Waals surface area (Å²) in [5, 5.41) is 8.35. The number of nitrogens with zero attached hydrogens (tertiary/aromatic N) is 3. The normalized spacial score (nSPS) is 12.1. The number of hydrogen-bond acceptors (Lipinski definition) is 4. The number of carbonyl (C=O) groups is 1. The van der Waals surface area contributed by atoms with E-state index in [0.717, 1.165) is 5.56 Å². The highest BCUT2D eigenvalue weighted by Gasteiger charge is 2.18. The summed E-state index contributed by atoms with van der Waals surface area (Å²) < 4.78 is 14.8.